The first-order valence-corrected chi connectivity index (χ1v) is 7.26. The summed E-state index contributed by atoms with van der Waals surface area (Å²) in [7, 11) is 3.74. The topological polar surface area (TPSA) is 38.5 Å². The van der Waals surface area contributed by atoms with Gasteiger partial charge in [-0.15, -0.1) is 0 Å². The fraction of sp³-hybridized carbons (Fsp3) is 0.250. The minimum Gasteiger partial charge on any atom is -0.497 e. The van der Waals surface area contributed by atoms with Crippen molar-refractivity contribution in [1.29, 1.82) is 0 Å². The normalized spacial score (nSPS) is 10.4. The molecule has 0 unspecified atom stereocenters. The third-order valence-electron chi connectivity index (χ3n) is 3.23. The van der Waals surface area contributed by atoms with Crippen molar-refractivity contribution >= 4 is 21.6 Å². The standard InChI is InChI=1S/C16H19BrN2O/c1-19(11-12-4-3-5-14(17)8-12)16-9-15(20-2)7-6-13(16)10-18/h3-9H,10-11,18H2,1-2H3. The number of benzene rings is 2. The van der Waals surface area contributed by atoms with Crippen molar-refractivity contribution in [3.05, 3.63) is 58.1 Å². The maximum atomic E-state index is 5.82. The summed E-state index contributed by atoms with van der Waals surface area (Å²) in [4.78, 5) is 2.19. The molecule has 0 aliphatic rings. The van der Waals surface area contributed by atoms with E-state index in [9.17, 15) is 0 Å². The molecule has 2 aromatic carbocycles. The number of methoxy groups -OCH3 is 1. The van der Waals surface area contributed by atoms with Crippen LogP contribution in [-0.4, -0.2) is 14.2 Å². The van der Waals surface area contributed by atoms with E-state index in [1.165, 1.54) is 5.56 Å². The Bertz CT molecular complexity index is 586. The van der Waals surface area contributed by atoms with Crippen molar-refractivity contribution in [2.24, 2.45) is 5.73 Å². The molecule has 3 nitrogen and oxygen atoms in total. The van der Waals surface area contributed by atoms with Crippen molar-refractivity contribution in [2.75, 3.05) is 19.1 Å². The van der Waals surface area contributed by atoms with Crippen LogP contribution in [0.5, 0.6) is 5.75 Å². The average Bonchev–Trinajstić information content (AvgIpc) is 2.46. The highest BCUT2D eigenvalue weighted by atomic mass is 79.9. The summed E-state index contributed by atoms with van der Waals surface area (Å²) in [6, 6.07) is 14.3. The lowest BCUT2D eigenvalue weighted by Gasteiger charge is -2.23. The van der Waals surface area contributed by atoms with E-state index in [1.807, 2.05) is 30.3 Å². The van der Waals surface area contributed by atoms with E-state index in [2.05, 4.69) is 40.0 Å². The summed E-state index contributed by atoms with van der Waals surface area (Å²) < 4.78 is 6.39. The van der Waals surface area contributed by atoms with Gasteiger partial charge in [0.25, 0.3) is 0 Å². The van der Waals surface area contributed by atoms with Gasteiger partial charge in [-0.1, -0.05) is 34.1 Å². The second-order valence-electron chi connectivity index (χ2n) is 4.68. The number of ether oxygens (including phenoxy) is 1. The molecule has 0 heterocycles. The molecule has 0 amide bonds. The van der Waals surface area contributed by atoms with Gasteiger partial charge in [0, 0.05) is 36.4 Å². The first kappa shape index (κ1) is 14.9. The molecule has 0 aromatic heterocycles. The first-order valence-electron chi connectivity index (χ1n) is 6.46. The molecule has 0 fully saturated rings. The van der Waals surface area contributed by atoms with E-state index in [1.54, 1.807) is 7.11 Å². The van der Waals surface area contributed by atoms with Crippen LogP contribution in [0.15, 0.2) is 46.9 Å². The highest BCUT2D eigenvalue weighted by Gasteiger charge is 2.09. The summed E-state index contributed by atoms with van der Waals surface area (Å²) in [5, 5.41) is 0. The second-order valence-corrected chi connectivity index (χ2v) is 5.60. The van der Waals surface area contributed by atoms with Crippen molar-refractivity contribution in [3.63, 3.8) is 0 Å². The Balaban J connectivity index is 2.25. The van der Waals surface area contributed by atoms with E-state index in [-0.39, 0.29) is 0 Å². The second kappa shape index (κ2) is 6.77. The number of hydrogen-bond acceptors (Lipinski definition) is 3. The lowest BCUT2D eigenvalue weighted by atomic mass is 10.1. The van der Waals surface area contributed by atoms with Crippen LogP contribution in [0.4, 0.5) is 5.69 Å². The summed E-state index contributed by atoms with van der Waals surface area (Å²) in [5.74, 6) is 0.846. The van der Waals surface area contributed by atoms with E-state index >= 15 is 0 Å². The van der Waals surface area contributed by atoms with Gasteiger partial charge < -0.3 is 15.4 Å². The number of anilines is 1. The van der Waals surface area contributed by atoms with Gasteiger partial charge in [0.1, 0.15) is 5.75 Å². The van der Waals surface area contributed by atoms with Gasteiger partial charge in [0.15, 0.2) is 0 Å². The molecule has 0 aliphatic carbocycles. The Morgan fingerprint density at radius 3 is 2.65 bits per heavy atom. The molecule has 0 saturated heterocycles. The number of nitrogens with two attached hydrogens (primary N) is 1. The summed E-state index contributed by atoms with van der Waals surface area (Å²) in [6.07, 6.45) is 0. The van der Waals surface area contributed by atoms with E-state index in [4.69, 9.17) is 10.5 Å². The molecular weight excluding hydrogens is 316 g/mol. The molecule has 106 valence electrons. The number of rotatable bonds is 5. The fourth-order valence-corrected chi connectivity index (χ4v) is 2.64. The fourth-order valence-electron chi connectivity index (χ4n) is 2.19. The van der Waals surface area contributed by atoms with Crippen LogP contribution < -0.4 is 15.4 Å². The Labute approximate surface area is 128 Å². The zero-order chi connectivity index (χ0) is 14.5. The van der Waals surface area contributed by atoms with Gasteiger partial charge in [-0.25, -0.2) is 0 Å². The van der Waals surface area contributed by atoms with Crippen LogP contribution in [0.25, 0.3) is 0 Å². The van der Waals surface area contributed by atoms with Gasteiger partial charge in [-0.05, 0) is 29.3 Å². The van der Waals surface area contributed by atoms with Crippen LogP contribution in [0, 0.1) is 0 Å². The summed E-state index contributed by atoms with van der Waals surface area (Å²) >= 11 is 3.50. The van der Waals surface area contributed by atoms with Crippen LogP contribution in [0.2, 0.25) is 0 Å². The number of hydrogen-bond donors (Lipinski definition) is 1. The molecule has 2 N–H and O–H groups in total. The Morgan fingerprint density at radius 1 is 1.20 bits per heavy atom. The lowest BCUT2D eigenvalue weighted by Crippen LogP contribution is -2.19. The predicted molar refractivity (Wildman–Crippen MR) is 87.1 cm³/mol. The molecule has 2 rings (SSSR count). The molecule has 4 heteroatoms. The van der Waals surface area contributed by atoms with Gasteiger partial charge in [0.05, 0.1) is 7.11 Å². The van der Waals surface area contributed by atoms with Gasteiger partial charge in [0.2, 0.25) is 0 Å². The average molecular weight is 335 g/mol. The van der Waals surface area contributed by atoms with Crippen molar-refractivity contribution in [3.8, 4) is 5.75 Å². The lowest BCUT2D eigenvalue weighted by molar-refractivity contribution is 0.414. The van der Waals surface area contributed by atoms with Crippen LogP contribution in [-0.2, 0) is 13.1 Å². The van der Waals surface area contributed by atoms with E-state index < -0.39 is 0 Å². The van der Waals surface area contributed by atoms with Gasteiger partial charge >= 0.3 is 0 Å². The van der Waals surface area contributed by atoms with Crippen molar-refractivity contribution in [2.45, 2.75) is 13.1 Å². The van der Waals surface area contributed by atoms with Gasteiger partial charge in [-0.3, -0.25) is 0 Å². The molecule has 0 radical (unpaired) electrons. The SMILES string of the molecule is COc1ccc(CN)c(N(C)Cc2cccc(Br)c2)c1. The highest BCUT2D eigenvalue weighted by Crippen LogP contribution is 2.26. The first-order chi connectivity index (χ1) is 9.63. The third kappa shape index (κ3) is 3.52. The van der Waals surface area contributed by atoms with Crippen LogP contribution in [0.3, 0.4) is 0 Å². The van der Waals surface area contributed by atoms with Crippen LogP contribution in [0.1, 0.15) is 11.1 Å². The zero-order valence-corrected chi connectivity index (χ0v) is 13.4. The molecular formula is C16H19BrN2O. The Hall–Kier alpha value is -1.52. The molecule has 20 heavy (non-hydrogen) atoms. The predicted octanol–water partition coefficient (Wildman–Crippen LogP) is 3.55. The molecule has 0 aliphatic heterocycles. The minimum atomic E-state index is 0.516. The number of halogens is 1. The Morgan fingerprint density at radius 2 is 2.00 bits per heavy atom. The monoisotopic (exact) mass is 334 g/mol. The molecule has 0 atom stereocenters. The van der Waals surface area contributed by atoms with E-state index in [0.29, 0.717) is 6.54 Å². The van der Waals surface area contributed by atoms with E-state index in [0.717, 1.165) is 28.0 Å². The highest BCUT2D eigenvalue weighted by molar-refractivity contribution is 9.10. The molecule has 2 aromatic rings. The zero-order valence-electron chi connectivity index (χ0n) is 11.8. The van der Waals surface area contributed by atoms with Crippen molar-refractivity contribution < 1.29 is 4.74 Å². The smallest absolute Gasteiger partial charge is 0.120 e. The summed E-state index contributed by atoms with van der Waals surface area (Å²) in [6.45, 7) is 1.34. The Kier molecular flexibility index (Phi) is 5.04. The van der Waals surface area contributed by atoms with Crippen molar-refractivity contribution in [1.82, 2.24) is 0 Å². The quantitative estimate of drug-likeness (QED) is 0.908. The number of nitrogens with zero attached hydrogens (tertiary/aromatic N) is 1. The van der Waals surface area contributed by atoms with Crippen LogP contribution >= 0.6 is 15.9 Å². The van der Waals surface area contributed by atoms with Gasteiger partial charge in [-0.2, -0.15) is 0 Å². The minimum absolute atomic E-state index is 0.516. The maximum Gasteiger partial charge on any atom is 0.120 e. The molecule has 0 spiro atoms. The summed E-state index contributed by atoms with van der Waals surface area (Å²) in [5.41, 5.74) is 9.28. The third-order valence-corrected chi connectivity index (χ3v) is 3.73. The largest absolute Gasteiger partial charge is 0.497 e. The molecule has 0 bridgehead atoms. The molecule has 0 saturated carbocycles. The maximum absolute atomic E-state index is 5.82.